The van der Waals surface area contributed by atoms with Crippen molar-refractivity contribution in [2.24, 2.45) is 5.92 Å². The van der Waals surface area contributed by atoms with Crippen molar-refractivity contribution in [2.75, 3.05) is 184 Å². The van der Waals surface area contributed by atoms with Gasteiger partial charge in [0.1, 0.15) is 23.9 Å². The molecule has 0 bridgehead atoms. The van der Waals surface area contributed by atoms with Gasteiger partial charge in [-0.1, -0.05) is 43.3 Å². The second-order valence-electron chi connectivity index (χ2n) is 28.0. The summed E-state index contributed by atoms with van der Waals surface area (Å²) in [6.45, 7) is 26.3. The minimum absolute atomic E-state index is 0. The van der Waals surface area contributed by atoms with E-state index in [1.807, 2.05) is 7.05 Å². The van der Waals surface area contributed by atoms with Gasteiger partial charge in [-0.15, -0.1) is 24.8 Å². The SMILES string of the molecule is CNCc1ccc(N2CCN(C)CC2)cc1.COc1cc(C)c(S(=O)(=O)N(C)CCC(=O)N(C)Cc2ccc(N3CCC(C)CC3)cc2)c(C)c1.COc1cc(C)c(S(=O)(=O)N(C)CCC(=O)N(C)Cc2ccc(N3CCN(C)CC3)cc2)c(C)c1.COc1cc(C)c(S(=O)(=O)N(C)CCOC=O)c(C)c1.Cl.Cl. The number of aryl methyl sites for hydroxylation is 6. The van der Waals surface area contributed by atoms with Crippen LogP contribution in [-0.4, -0.2) is 245 Å². The molecule has 3 aliphatic heterocycles. The molecule has 108 heavy (non-hydrogen) atoms. The van der Waals surface area contributed by atoms with Crippen LogP contribution in [0.5, 0.6) is 17.2 Å². The standard InChI is InChI=1S/C27H39N3O4S.C26H38N4O4S.C13H21N3.C13H19NO5S.2ClH/c1-20-11-15-30(16-12-20)24-9-7-23(8-10-24)19-28(4)26(31)13-14-29(5)35(32,33)27-21(2)17-25(34-6)18-22(27)3;1-20-17-24(34-6)18-21(2)26(20)35(32,33)29(5)12-11-25(31)28(4)19-22-7-9-23(10-8-22)30-15-13-27(3)14-16-30;1-14-11-12-3-5-13(6-4-12)16-9-7-15(2)8-10-16;1-10-7-12(18-4)8-11(2)13(10)20(16,17)14(3)5-6-19-9-15;;/h7-10,17-18,20H,11-16,19H2,1-6H3;7-10,17-18H,11-16,19H2,1-6H3;3-6,14H,7-11H2,1-2H3;7-9H,5-6H2,1-4H3;2*1H. The monoisotopic (exact) mass is 1600 g/mol. The Kier molecular flexibility index (Phi) is 37.9. The smallest absolute Gasteiger partial charge is 0.293 e. The van der Waals surface area contributed by atoms with Crippen LogP contribution in [0.4, 0.5) is 17.1 Å². The van der Waals surface area contributed by atoms with Crippen molar-refractivity contribution in [3.63, 3.8) is 0 Å². The van der Waals surface area contributed by atoms with Crippen molar-refractivity contribution in [3.05, 3.63) is 159 Å². The van der Waals surface area contributed by atoms with Gasteiger partial charge in [0.15, 0.2) is 0 Å². The van der Waals surface area contributed by atoms with Crippen molar-refractivity contribution in [2.45, 2.75) is 108 Å². The van der Waals surface area contributed by atoms with Gasteiger partial charge in [0.25, 0.3) is 6.47 Å². The highest BCUT2D eigenvalue weighted by atomic mass is 35.5. The maximum Gasteiger partial charge on any atom is 0.293 e. The fourth-order valence-electron chi connectivity index (χ4n) is 13.0. The highest BCUT2D eigenvalue weighted by molar-refractivity contribution is 7.89. The summed E-state index contributed by atoms with van der Waals surface area (Å²) in [6, 6.07) is 35.8. The molecule has 0 aliphatic carbocycles. The van der Waals surface area contributed by atoms with Gasteiger partial charge in [0.2, 0.25) is 41.9 Å². The van der Waals surface area contributed by atoms with E-state index in [0.717, 1.165) is 93.3 Å². The molecule has 2 amide bonds. The van der Waals surface area contributed by atoms with Crippen LogP contribution < -0.4 is 34.2 Å². The molecule has 3 saturated heterocycles. The van der Waals surface area contributed by atoms with Gasteiger partial charge >= 0.3 is 0 Å². The number of piperidine rings is 1. The summed E-state index contributed by atoms with van der Waals surface area (Å²) in [4.78, 5) is 51.6. The normalized spacial score (nSPS) is 14.4. The number of likely N-dealkylation sites (N-methyl/N-ethyl adjacent to an activating group) is 3. The third-order valence-corrected chi connectivity index (χ3v) is 26.1. The number of carbonyl (C=O) groups excluding carboxylic acids is 3. The number of methoxy groups -OCH3 is 3. The zero-order valence-corrected chi connectivity index (χ0v) is 70.8. The summed E-state index contributed by atoms with van der Waals surface area (Å²) >= 11 is 0. The Labute approximate surface area is 657 Å². The van der Waals surface area contributed by atoms with Crippen LogP contribution >= 0.6 is 24.8 Å². The Balaban J connectivity index is 0.000000317. The number of nitrogens with one attached hydrogen (secondary N) is 1. The first kappa shape index (κ1) is 93.1. The van der Waals surface area contributed by atoms with Crippen molar-refractivity contribution in [1.29, 1.82) is 0 Å². The molecule has 0 radical (unpaired) electrons. The summed E-state index contributed by atoms with van der Waals surface area (Å²) in [6.07, 6.45) is 2.67. The molecule has 0 unspecified atom stereocenters. The van der Waals surface area contributed by atoms with Gasteiger partial charge in [0.05, 0.1) is 36.0 Å². The van der Waals surface area contributed by atoms with E-state index in [1.54, 1.807) is 116 Å². The number of hydrogen-bond acceptors (Lipinski definition) is 19. The number of sulfonamides is 3. The molecule has 600 valence electrons. The Morgan fingerprint density at radius 2 is 0.731 bits per heavy atom. The summed E-state index contributed by atoms with van der Waals surface area (Å²) < 4.78 is 102. The van der Waals surface area contributed by atoms with Crippen LogP contribution in [-0.2, 0) is 68.8 Å². The molecule has 29 heteroatoms. The third-order valence-electron chi connectivity index (χ3n) is 19.7. The lowest BCUT2D eigenvalue weighted by Crippen LogP contribution is -2.44. The zero-order chi connectivity index (χ0) is 78.2. The lowest BCUT2D eigenvalue weighted by atomic mass is 9.98. The van der Waals surface area contributed by atoms with E-state index in [1.165, 1.54) is 72.3 Å². The van der Waals surface area contributed by atoms with E-state index in [2.05, 4.69) is 128 Å². The van der Waals surface area contributed by atoms with E-state index >= 15 is 0 Å². The van der Waals surface area contributed by atoms with Crippen molar-refractivity contribution in [3.8, 4) is 17.2 Å². The lowest BCUT2D eigenvalue weighted by Gasteiger charge is -2.34. The van der Waals surface area contributed by atoms with Crippen molar-refractivity contribution in [1.82, 2.24) is 37.8 Å². The topological polar surface area (TPSA) is 235 Å². The van der Waals surface area contributed by atoms with Gasteiger partial charge in [-0.3, -0.25) is 14.4 Å². The quantitative estimate of drug-likeness (QED) is 0.0355. The molecule has 0 saturated carbocycles. The first-order chi connectivity index (χ1) is 50.2. The number of piperazine rings is 2. The number of carbonyl (C=O) groups is 3. The van der Waals surface area contributed by atoms with Gasteiger partial charge in [-0.25, -0.2) is 33.9 Å². The summed E-state index contributed by atoms with van der Waals surface area (Å²) in [7, 11) is 7.88. The third kappa shape index (κ3) is 26.5. The van der Waals surface area contributed by atoms with Gasteiger partial charge in [-0.2, -0.15) is 4.31 Å². The zero-order valence-electron chi connectivity index (χ0n) is 66.7. The maximum atomic E-state index is 13.2. The molecular formula is C79H119Cl2N11O13S3. The fourth-order valence-corrected chi connectivity index (χ4v) is 17.7. The Morgan fingerprint density at radius 3 is 1.01 bits per heavy atom. The average molecular weight is 1600 g/mol. The Hall–Kier alpha value is -7.28. The van der Waals surface area contributed by atoms with E-state index in [0.29, 0.717) is 70.2 Å². The molecule has 3 fully saturated rings. The lowest BCUT2D eigenvalue weighted by molar-refractivity contribution is -0.131. The van der Waals surface area contributed by atoms with Crippen LogP contribution in [0.15, 0.2) is 124 Å². The molecule has 0 atom stereocenters. The average Bonchev–Trinajstić information content (AvgIpc) is 0.793. The number of nitrogens with zero attached hydrogens (tertiary/aromatic N) is 10. The molecule has 9 rings (SSSR count). The molecule has 3 aliphatic rings. The van der Waals surface area contributed by atoms with Gasteiger partial charge in [0, 0.05) is 170 Å². The highest BCUT2D eigenvalue weighted by Crippen LogP contribution is 2.32. The van der Waals surface area contributed by atoms with Crippen molar-refractivity contribution >= 4 is 90.2 Å². The second-order valence-corrected chi connectivity index (χ2v) is 33.9. The minimum Gasteiger partial charge on any atom is -0.497 e. The van der Waals surface area contributed by atoms with Crippen molar-refractivity contribution < 1.29 is 58.6 Å². The number of anilines is 3. The molecule has 24 nitrogen and oxygen atoms in total. The van der Waals surface area contributed by atoms with Crippen LogP contribution in [0.25, 0.3) is 0 Å². The largest absolute Gasteiger partial charge is 0.497 e. The number of rotatable bonds is 28. The first-order valence-electron chi connectivity index (χ1n) is 36.1. The number of hydrogen-bond donors (Lipinski definition) is 1. The second kappa shape index (κ2) is 43.9. The summed E-state index contributed by atoms with van der Waals surface area (Å²) in [5.74, 6) is 2.46. The van der Waals surface area contributed by atoms with Crippen LogP contribution in [0.1, 0.15) is 82.7 Å². The molecule has 0 spiro atoms. The fraction of sp³-hybridized carbons (Fsp3) is 0.506. The molecule has 6 aromatic rings. The molecule has 1 N–H and O–H groups in total. The summed E-state index contributed by atoms with van der Waals surface area (Å²) in [5, 5.41) is 3.17. The number of ether oxygens (including phenoxy) is 4. The summed E-state index contributed by atoms with van der Waals surface area (Å²) in [5.41, 5.74) is 11.0. The van der Waals surface area contributed by atoms with E-state index in [9.17, 15) is 39.6 Å². The Bertz CT molecular complexity index is 3930. The molecular weight excluding hydrogens is 1480 g/mol. The van der Waals surface area contributed by atoms with Crippen LogP contribution in [0.3, 0.4) is 0 Å². The first-order valence-corrected chi connectivity index (χ1v) is 40.4. The number of benzene rings is 6. The maximum absolute atomic E-state index is 13.2. The van der Waals surface area contributed by atoms with E-state index < -0.39 is 30.1 Å². The van der Waals surface area contributed by atoms with Crippen LogP contribution in [0.2, 0.25) is 0 Å². The minimum atomic E-state index is -3.73. The highest BCUT2D eigenvalue weighted by Gasteiger charge is 2.30. The molecule has 6 aromatic carbocycles. The number of amides is 2. The van der Waals surface area contributed by atoms with E-state index in [-0.39, 0.29) is 90.4 Å². The molecule has 3 heterocycles. The molecule has 0 aromatic heterocycles. The van der Waals surface area contributed by atoms with E-state index in [4.69, 9.17) is 14.2 Å². The predicted octanol–water partition coefficient (Wildman–Crippen LogP) is 10.1. The predicted molar refractivity (Wildman–Crippen MR) is 438 cm³/mol. The van der Waals surface area contributed by atoms with Crippen LogP contribution in [0, 0.1) is 47.5 Å². The van der Waals surface area contributed by atoms with Gasteiger partial charge in [-0.05, 0) is 204 Å². The van der Waals surface area contributed by atoms with Gasteiger partial charge < -0.3 is 58.6 Å². The Morgan fingerprint density at radius 1 is 0.454 bits per heavy atom. The number of halogens is 2.